The molecule has 0 atom stereocenters. The third-order valence-corrected chi connectivity index (χ3v) is 9.77. The number of aromatic nitrogens is 8. The first-order chi connectivity index (χ1) is 29.4. The molecule has 0 aliphatic heterocycles. The molecule has 0 fully saturated rings. The Hall–Kier alpha value is -6.80. The molecule has 3 amide bonds. The fourth-order valence-electron chi connectivity index (χ4n) is 6.99. The normalized spacial score (nSPS) is 11.3. The molecule has 0 spiro atoms. The molecular weight excluding hydrogens is 791 g/mol. The number of nitrogens with two attached hydrogens (primary N) is 1. The van der Waals surface area contributed by atoms with Gasteiger partial charge in [-0.15, -0.1) is 0 Å². The number of fused-ring (bicyclic) bond motifs is 2. The standard InChI is InChI=1S/C41H51N11O9/c1-6-51-30(18-24(3)47-51)37(56)45-40-43-28-20-26(36(42)55)22-32(60-16-10-14-53)34(28)49(40)12-8-9-13-50-35-29(21-27(39(58)59-5)23-33(35)61-17-11-15-54)44-41(50)46-38(57)31-19-25(4)48-52(31)7-2/h18-23,53-54H,6-17H2,1-5H3,(H2,42,55)(H,43,45,56)(H,44,46,57). The van der Waals surface area contributed by atoms with Crippen molar-refractivity contribution in [2.45, 2.75) is 79.6 Å². The Kier molecular flexibility index (Phi) is 14.0. The largest absolute Gasteiger partial charge is 0.491 e. The molecule has 6 N–H and O–H groups in total. The quantitative estimate of drug-likeness (QED) is 0.0511. The van der Waals surface area contributed by atoms with Gasteiger partial charge in [0, 0.05) is 57.8 Å². The van der Waals surface area contributed by atoms with Gasteiger partial charge in [0.2, 0.25) is 17.8 Å². The van der Waals surface area contributed by atoms with Crippen LogP contribution < -0.4 is 25.8 Å². The summed E-state index contributed by atoms with van der Waals surface area (Å²) >= 11 is 0. The second kappa shape index (κ2) is 19.5. The van der Waals surface area contributed by atoms with Gasteiger partial charge in [-0.25, -0.2) is 14.8 Å². The van der Waals surface area contributed by atoms with Crippen LogP contribution in [0, 0.1) is 13.8 Å². The van der Waals surface area contributed by atoms with Gasteiger partial charge in [0.05, 0.1) is 48.3 Å². The summed E-state index contributed by atoms with van der Waals surface area (Å²) < 4.78 is 23.9. The topological polar surface area (TPSA) is 258 Å². The number of ether oxygens (including phenoxy) is 3. The van der Waals surface area contributed by atoms with Gasteiger partial charge in [0.15, 0.2) is 0 Å². The molecule has 4 aromatic heterocycles. The summed E-state index contributed by atoms with van der Waals surface area (Å²) in [7, 11) is 1.27. The number of methoxy groups -OCH3 is 1. The highest BCUT2D eigenvalue weighted by Crippen LogP contribution is 2.34. The number of aryl methyl sites for hydroxylation is 6. The molecule has 61 heavy (non-hydrogen) atoms. The summed E-state index contributed by atoms with van der Waals surface area (Å²) in [5.74, 6) is -1.21. The van der Waals surface area contributed by atoms with Gasteiger partial charge in [0.1, 0.15) is 33.9 Å². The molecule has 20 nitrogen and oxygen atoms in total. The van der Waals surface area contributed by atoms with E-state index in [0.29, 0.717) is 108 Å². The zero-order chi connectivity index (χ0) is 43.8. The lowest BCUT2D eigenvalue weighted by atomic mass is 10.1. The molecule has 0 saturated carbocycles. The molecule has 0 bridgehead atoms. The summed E-state index contributed by atoms with van der Waals surface area (Å²) in [4.78, 5) is 62.1. The van der Waals surface area contributed by atoms with E-state index in [0.717, 1.165) is 0 Å². The van der Waals surface area contributed by atoms with Crippen LogP contribution >= 0.6 is 0 Å². The highest BCUT2D eigenvalue weighted by Gasteiger charge is 2.25. The second-order valence-corrected chi connectivity index (χ2v) is 14.2. The number of primary amides is 1. The third kappa shape index (κ3) is 9.65. The minimum absolute atomic E-state index is 0.115. The van der Waals surface area contributed by atoms with Crippen molar-refractivity contribution in [3.8, 4) is 11.5 Å². The number of benzene rings is 2. The van der Waals surface area contributed by atoms with E-state index in [1.165, 1.54) is 19.2 Å². The maximum absolute atomic E-state index is 13.8. The van der Waals surface area contributed by atoms with Gasteiger partial charge in [-0.2, -0.15) is 10.2 Å². The lowest BCUT2D eigenvalue weighted by molar-refractivity contribution is 0.0599. The van der Waals surface area contributed by atoms with Crippen molar-refractivity contribution in [1.82, 2.24) is 38.7 Å². The van der Waals surface area contributed by atoms with Crippen LogP contribution in [0.2, 0.25) is 0 Å². The molecule has 6 aromatic rings. The molecule has 0 saturated heterocycles. The lowest BCUT2D eigenvalue weighted by Crippen LogP contribution is -2.20. The minimum atomic E-state index is -0.695. The summed E-state index contributed by atoms with van der Waals surface area (Å²) in [5, 5.41) is 33.7. The fourth-order valence-corrected chi connectivity index (χ4v) is 6.99. The van der Waals surface area contributed by atoms with Crippen molar-refractivity contribution >= 4 is 57.7 Å². The van der Waals surface area contributed by atoms with Crippen LogP contribution in [0.1, 0.15) is 92.6 Å². The first-order valence-electron chi connectivity index (χ1n) is 20.1. The number of hydrogen-bond acceptors (Lipinski definition) is 13. The van der Waals surface area contributed by atoms with Crippen molar-refractivity contribution < 1.29 is 43.6 Å². The van der Waals surface area contributed by atoms with Crippen LogP contribution in [0.15, 0.2) is 36.4 Å². The van der Waals surface area contributed by atoms with Crippen LogP contribution in [0.25, 0.3) is 22.1 Å². The number of esters is 1. The highest BCUT2D eigenvalue weighted by molar-refractivity contribution is 6.05. The van der Waals surface area contributed by atoms with Gasteiger partial charge < -0.3 is 39.3 Å². The van der Waals surface area contributed by atoms with Gasteiger partial charge >= 0.3 is 5.97 Å². The van der Waals surface area contributed by atoms with Crippen LogP contribution in [0.3, 0.4) is 0 Å². The number of hydrogen-bond donors (Lipinski definition) is 5. The SMILES string of the molecule is CCn1nc(C)cc1C(=O)Nc1nc2cc(C(N)=O)cc(OCCCO)c2n1CCCCn1c(NC(=O)c2cc(C)nn2CC)nc2cc(C(=O)OC)cc(OCCCO)c21. The third-order valence-electron chi connectivity index (χ3n) is 9.77. The Balaban J connectivity index is 1.38. The zero-order valence-corrected chi connectivity index (χ0v) is 34.9. The Morgan fingerprint density at radius 3 is 1.52 bits per heavy atom. The number of amides is 3. The number of rotatable bonds is 21. The molecule has 0 unspecified atom stereocenters. The number of nitrogens with zero attached hydrogens (tertiary/aromatic N) is 8. The van der Waals surface area contributed by atoms with E-state index in [1.807, 2.05) is 13.8 Å². The van der Waals surface area contributed by atoms with Gasteiger partial charge in [-0.1, -0.05) is 0 Å². The number of carbonyl (C=O) groups is 4. The first kappa shape index (κ1) is 43.8. The number of carbonyl (C=O) groups excluding carboxylic acids is 4. The summed E-state index contributed by atoms with van der Waals surface area (Å²) in [6.45, 7) is 8.90. The number of aliphatic hydroxyl groups excluding tert-OH is 2. The summed E-state index contributed by atoms with van der Waals surface area (Å²) in [5.41, 5.74) is 9.75. The Bertz CT molecular complexity index is 2570. The molecule has 20 heteroatoms. The Morgan fingerprint density at radius 2 is 1.11 bits per heavy atom. The van der Waals surface area contributed by atoms with Crippen LogP contribution in [-0.4, -0.2) is 106 Å². The fraction of sp³-hybridized carbons (Fsp3) is 0.415. The molecule has 0 radical (unpaired) electrons. The Labute approximate surface area is 350 Å². The molecule has 324 valence electrons. The number of imidazole rings is 2. The van der Waals surface area contributed by atoms with E-state index in [2.05, 4.69) is 20.8 Å². The molecule has 0 aliphatic carbocycles. The van der Waals surface area contributed by atoms with E-state index >= 15 is 0 Å². The summed E-state index contributed by atoms with van der Waals surface area (Å²) in [6, 6.07) is 9.51. The molecule has 4 heterocycles. The Morgan fingerprint density at radius 1 is 0.672 bits per heavy atom. The summed E-state index contributed by atoms with van der Waals surface area (Å²) in [6.07, 6.45) is 1.60. The molecule has 2 aromatic carbocycles. The lowest BCUT2D eigenvalue weighted by Gasteiger charge is -2.15. The maximum Gasteiger partial charge on any atom is 0.338 e. The van der Waals surface area contributed by atoms with Gasteiger partial charge in [0.25, 0.3) is 11.8 Å². The predicted molar refractivity (Wildman–Crippen MR) is 224 cm³/mol. The van der Waals surface area contributed by atoms with Crippen molar-refractivity contribution in [2.75, 3.05) is 44.2 Å². The number of unbranched alkanes of at least 4 members (excludes halogenated alkanes) is 1. The van der Waals surface area contributed by atoms with Crippen LogP contribution in [0.4, 0.5) is 11.9 Å². The van der Waals surface area contributed by atoms with Gasteiger partial charge in [-0.3, -0.25) is 34.4 Å². The smallest absolute Gasteiger partial charge is 0.338 e. The van der Waals surface area contributed by atoms with E-state index in [4.69, 9.17) is 29.9 Å². The van der Waals surface area contributed by atoms with Crippen molar-refractivity contribution in [3.05, 3.63) is 70.3 Å². The van der Waals surface area contributed by atoms with E-state index in [9.17, 15) is 29.4 Å². The van der Waals surface area contributed by atoms with Crippen molar-refractivity contribution in [2.24, 2.45) is 5.73 Å². The predicted octanol–water partition coefficient (Wildman–Crippen LogP) is 3.83. The van der Waals surface area contributed by atoms with Crippen LogP contribution in [-0.2, 0) is 30.9 Å². The minimum Gasteiger partial charge on any atom is -0.491 e. The van der Waals surface area contributed by atoms with E-state index in [1.54, 1.807) is 56.6 Å². The average Bonchev–Trinajstić information content (AvgIpc) is 4.01. The van der Waals surface area contributed by atoms with E-state index in [-0.39, 0.29) is 49.5 Å². The molecule has 0 aliphatic rings. The maximum atomic E-state index is 13.8. The van der Waals surface area contributed by atoms with Crippen molar-refractivity contribution in [1.29, 1.82) is 0 Å². The monoisotopic (exact) mass is 841 g/mol. The van der Waals surface area contributed by atoms with E-state index < -0.39 is 23.7 Å². The van der Waals surface area contributed by atoms with Gasteiger partial charge in [-0.05, 0) is 76.9 Å². The average molecular weight is 842 g/mol. The molecule has 6 rings (SSSR count). The molecular formula is C41H51N11O9. The second-order valence-electron chi connectivity index (χ2n) is 14.2. The van der Waals surface area contributed by atoms with Crippen LogP contribution in [0.5, 0.6) is 11.5 Å². The zero-order valence-electron chi connectivity index (χ0n) is 34.9. The van der Waals surface area contributed by atoms with Crippen molar-refractivity contribution in [3.63, 3.8) is 0 Å². The first-order valence-corrected chi connectivity index (χ1v) is 20.1. The number of nitrogens with one attached hydrogen (secondary N) is 2. The highest BCUT2D eigenvalue weighted by atomic mass is 16.5. The number of anilines is 2. The number of aliphatic hydroxyl groups is 2.